The van der Waals surface area contributed by atoms with Gasteiger partial charge in [-0.3, -0.25) is 15.5 Å². The van der Waals surface area contributed by atoms with Gasteiger partial charge in [0.25, 0.3) is 5.69 Å². The van der Waals surface area contributed by atoms with Crippen LogP contribution in [0.25, 0.3) is 0 Å². The Morgan fingerprint density at radius 1 is 1.31 bits per heavy atom. The maximum Gasteiger partial charge on any atom is 0.269 e. The van der Waals surface area contributed by atoms with E-state index in [-0.39, 0.29) is 12.3 Å². The van der Waals surface area contributed by atoms with E-state index >= 15 is 0 Å². The van der Waals surface area contributed by atoms with Crippen molar-refractivity contribution in [1.82, 2.24) is 10.7 Å². The summed E-state index contributed by atoms with van der Waals surface area (Å²) in [5.74, 6) is 1.15. The first kappa shape index (κ1) is 22.8. The molecule has 2 N–H and O–H groups in total. The second-order valence-corrected chi connectivity index (χ2v) is 7.28. The Bertz CT molecular complexity index is 908. The average Bonchev–Trinajstić information content (AvgIpc) is 2.68. The van der Waals surface area contributed by atoms with Crippen molar-refractivity contribution in [2.45, 2.75) is 20.5 Å². The van der Waals surface area contributed by atoms with E-state index in [1.54, 1.807) is 18.3 Å². The van der Waals surface area contributed by atoms with Gasteiger partial charge in [0.1, 0.15) is 6.61 Å². The third-order valence-corrected chi connectivity index (χ3v) is 4.59. The zero-order chi connectivity index (χ0) is 21.2. The van der Waals surface area contributed by atoms with Crippen molar-refractivity contribution in [2.24, 2.45) is 5.10 Å². The van der Waals surface area contributed by atoms with Crippen molar-refractivity contribution in [3.05, 3.63) is 61.2 Å². The van der Waals surface area contributed by atoms with Crippen LogP contribution in [-0.4, -0.2) is 29.4 Å². The minimum Gasteiger partial charge on any atom is -0.490 e. The van der Waals surface area contributed by atoms with Gasteiger partial charge >= 0.3 is 0 Å². The van der Waals surface area contributed by atoms with Gasteiger partial charge in [-0.25, -0.2) is 0 Å². The van der Waals surface area contributed by atoms with E-state index in [1.165, 1.54) is 12.1 Å². The van der Waals surface area contributed by atoms with Gasteiger partial charge in [0.15, 0.2) is 16.6 Å². The van der Waals surface area contributed by atoms with Gasteiger partial charge in [0.05, 0.1) is 21.3 Å². The number of hydrogen-bond acceptors (Lipinski definition) is 6. The summed E-state index contributed by atoms with van der Waals surface area (Å²) in [7, 11) is 0. The number of nitro benzene ring substituents is 1. The first-order chi connectivity index (χ1) is 13.9. The monoisotopic (exact) mass is 528 g/mol. The Morgan fingerprint density at radius 3 is 2.79 bits per heavy atom. The fourth-order valence-electron chi connectivity index (χ4n) is 2.35. The molecule has 0 heterocycles. The number of thiocarbonyl (C=S) groups is 1. The molecule has 8 nitrogen and oxygen atoms in total. The highest BCUT2D eigenvalue weighted by molar-refractivity contribution is 14.1. The second kappa shape index (κ2) is 11.5. The molecule has 0 unspecified atom stereocenters. The third-order valence-electron chi connectivity index (χ3n) is 3.55. The number of halogens is 1. The van der Waals surface area contributed by atoms with Gasteiger partial charge < -0.3 is 14.8 Å². The molecule has 0 radical (unpaired) electrons. The van der Waals surface area contributed by atoms with Crippen molar-refractivity contribution < 1.29 is 14.4 Å². The molecule has 2 rings (SSSR count). The Morgan fingerprint density at radius 2 is 2.10 bits per heavy atom. The summed E-state index contributed by atoms with van der Waals surface area (Å²) in [5, 5.41) is 18.4. The molecule has 0 aliphatic heterocycles. The number of non-ortho nitro benzene ring substituents is 1. The van der Waals surface area contributed by atoms with E-state index in [9.17, 15) is 10.1 Å². The average molecular weight is 528 g/mol. The number of nitrogens with one attached hydrogen (secondary N) is 2. The van der Waals surface area contributed by atoms with Gasteiger partial charge in [0, 0.05) is 18.7 Å². The van der Waals surface area contributed by atoms with E-state index < -0.39 is 4.92 Å². The Hall–Kier alpha value is -2.47. The van der Waals surface area contributed by atoms with E-state index in [0.717, 1.165) is 9.13 Å². The Balaban J connectivity index is 2.17. The molecule has 154 valence electrons. The molecule has 0 aliphatic rings. The molecule has 0 spiro atoms. The maximum absolute atomic E-state index is 10.9. The topological polar surface area (TPSA) is 98.0 Å². The molecule has 0 aromatic heterocycles. The van der Waals surface area contributed by atoms with E-state index in [0.29, 0.717) is 35.3 Å². The molecule has 10 heteroatoms. The maximum atomic E-state index is 10.9. The molecule has 0 fully saturated rings. The van der Waals surface area contributed by atoms with Crippen LogP contribution in [0, 0.1) is 13.7 Å². The van der Waals surface area contributed by atoms with Gasteiger partial charge in [-0.15, -0.1) is 0 Å². The molecule has 29 heavy (non-hydrogen) atoms. The van der Waals surface area contributed by atoms with Crippen molar-refractivity contribution >= 4 is 51.8 Å². The van der Waals surface area contributed by atoms with Gasteiger partial charge in [-0.2, -0.15) is 5.10 Å². The predicted molar refractivity (Wildman–Crippen MR) is 125 cm³/mol. The predicted octanol–water partition coefficient (Wildman–Crippen LogP) is 4.00. The quantitative estimate of drug-likeness (QED) is 0.167. The fourth-order valence-corrected chi connectivity index (χ4v) is 3.32. The van der Waals surface area contributed by atoms with E-state index in [2.05, 4.69) is 38.4 Å². The first-order valence-electron chi connectivity index (χ1n) is 8.84. The normalized spacial score (nSPS) is 10.6. The van der Waals surface area contributed by atoms with Crippen LogP contribution in [-0.2, 0) is 6.61 Å². The zero-order valence-electron chi connectivity index (χ0n) is 16.0. The molecule has 2 aromatic carbocycles. The molecule has 0 bridgehead atoms. The number of nitro groups is 1. The van der Waals surface area contributed by atoms with Crippen LogP contribution >= 0.6 is 34.8 Å². The highest BCUT2D eigenvalue weighted by Gasteiger charge is 2.13. The minimum absolute atomic E-state index is 0.0281. The lowest BCUT2D eigenvalue weighted by Crippen LogP contribution is -2.31. The largest absolute Gasteiger partial charge is 0.490 e. The van der Waals surface area contributed by atoms with Crippen LogP contribution in [0.1, 0.15) is 25.0 Å². The molecule has 0 atom stereocenters. The number of ether oxygens (including phenoxy) is 2. The molecule has 0 aliphatic carbocycles. The van der Waals surface area contributed by atoms with E-state index in [1.807, 2.05) is 26.0 Å². The first-order valence-corrected chi connectivity index (χ1v) is 10.3. The van der Waals surface area contributed by atoms with Crippen molar-refractivity contribution in [3.63, 3.8) is 0 Å². The van der Waals surface area contributed by atoms with Crippen LogP contribution in [0.3, 0.4) is 0 Å². The van der Waals surface area contributed by atoms with Crippen molar-refractivity contribution in [3.8, 4) is 11.5 Å². The summed E-state index contributed by atoms with van der Waals surface area (Å²) in [6.45, 7) is 5.19. The number of rotatable bonds is 9. The third kappa shape index (κ3) is 7.13. The highest BCUT2D eigenvalue weighted by atomic mass is 127. The van der Waals surface area contributed by atoms with Crippen molar-refractivity contribution in [1.29, 1.82) is 0 Å². The molecule has 0 amide bonds. The standard InChI is InChI=1S/C19H21IN4O4S/c1-3-21-19(29)23-22-11-14-9-16(20)18(17(10-14)27-4-2)28-12-13-6-5-7-15(8-13)24(25)26/h5-11H,3-4,12H2,1-2H3,(H2,21,23,29)/b22-11-. The van der Waals surface area contributed by atoms with Crippen LogP contribution < -0.4 is 20.2 Å². The summed E-state index contributed by atoms with van der Waals surface area (Å²) in [6.07, 6.45) is 1.64. The molecular weight excluding hydrogens is 507 g/mol. The zero-order valence-corrected chi connectivity index (χ0v) is 19.0. The summed E-state index contributed by atoms with van der Waals surface area (Å²) in [4.78, 5) is 10.5. The lowest BCUT2D eigenvalue weighted by atomic mass is 10.2. The second-order valence-electron chi connectivity index (χ2n) is 5.71. The number of nitrogens with zero attached hydrogens (tertiary/aromatic N) is 2. The van der Waals surface area contributed by atoms with Crippen LogP contribution in [0.15, 0.2) is 41.5 Å². The minimum atomic E-state index is -0.428. The molecule has 0 saturated heterocycles. The van der Waals surface area contributed by atoms with Crippen LogP contribution in [0.5, 0.6) is 11.5 Å². The Labute approximate surface area is 188 Å². The fraction of sp³-hybridized carbons (Fsp3) is 0.263. The highest BCUT2D eigenvalue weighted by Crippen LogP contribution is 2.34. The smallest absolute Gasteiger partial charge is 0.269 e. The lowest BCUT2D eigenvalue weighted by molar-refractivity contribution is -0.384. The number of hydrazone groups is 1. The summed E-state index contributed by atoms with van der Waals surface area (Å²) in [5.41, 5.74) is 4.28. The van der Waals surface area contributed by atoms with Crippen LogP contribution in [0.4, 0.5) is 5.69 Å². The van der Waals surface area contributed by atoms with Gasteiger partial charge in [-0.05, 0) is 71.9 Å². The molecule has 2 aromatic rings. The number of hydrogen-bond donors (Lipinski definition) is 2. The summed E-state index contributed by atoms with van der Waals surface area (Å²) < 4.78 is 12.5. The molecule has 0 saturated carbocycles. The van der Waals surface area contributed by atoms with E-state index in [4.69, 9.17) is 21.7 Å². The summed E-state index contributed by atoms with van der Waals surface area (Å²) >= 11 is 7.22. The number of benzene rings is 2. The summed E-state index contributed by atoms with van der Waals surface area (Å²) in [6, 6.07) is 10.1. The van der Waals surface area contributed by atoms with Gasteiger partial charge in [-0.1, -0.05) is 12.1 Å². The van der Waals surface area contributed by atoms with Crippen molar-refractivity contribution in [2.75, 3.05) is 13.2 Å². The van der Waals surface area contributed by atoms with Crippen LogP contribution in [0.2, 0.25) is 0 Å². The van der Waals surface area contributed by atoms with Gasteiger partial charge in [0.2, 0.25) is 0 Å². The Kier molecular flexibility index (Phi) is 9.06. The SMILES string of the molecule is CCNC(=S)N/N=C\c1cc(I)c(OCc2cccc([N+](=O)[O-])c2)c(OCC)c1. The molecular formula is C19H21IN4O4S. The lowest BCUT2D eigenvalue weighted by Gasteiger charge is -2.14.